The maximum absolute atomic E-state index is 10.6. The lowest BCUT2D eigenvalue weighted by atomic mass is 10.1. The number of aromatic hydroxyl groups is 1. The number of aromatic carboxylic acids is 1. The second kappa shape index (κ2) is 4.69. The lowest BCUT2D eigenvalue weighted by molar-refractivity contribution is 0.0697. The van der Waals surface area contributed by atoms with E-state index in [0.717, 1.165) is 0 Å². The molecule has 0 unspecified atom stereocenters. The van der Waals surface area contributed by atoms with Gasteiger partial charge in [-0.15, -0.1) is 0 Å². The van der Waals surface area contributed by atoms with Gasteiger partial charge in [0.15, 0.2) is 0 Å². The van der Waals surface area contributed by atoms with Crippen molar-refractivity contribution in [3.05, 3.63) is 29.3 Å². The largest absolute Gasteiger partial charge is 0.507 e. The summed E-state index contributed by atoms with van der Waals surface area (Å²) in [4.78, 5) is 10.6. The van der Waals surface area contributed by atoms with E-state index in [-0.39, 0.29) is 23.3 Å². The zero-order valence-corrected chi connectivity index (χ0v) is 7.69. The number of phenols is 1. The van der Waals surface area contributed by atoms with Crippen molar-refractivity contribution in [2.75, 3.05) is 0 Å². The molecule has 0 saturated carbocycles. The highest BCUT2D eigenvalue weighted by molar-refractivity contribution is 5.88. The van der Waals surface area contributed by atoms with Gasteiger partial charge in [-0.25, -0.2) is 4.79 Å². The summed E-state index contributed by atoms with van der Waals surface area (Å²) in [6.45, 7) is 0. The quantitative estimate of drug-likeness (QED) is 0.672. The third kappa shape index (κ3) is 2.75. The molecule has 0 amide bonds. The van der Waals surface area contributed by atoms with E-state index >= 15 is 0 Å². The summed E-state index contributed by atoms with van der Waals surface area (Å²) in [6.07, 6.45) is 0.0384. The molecule has 0 saturated heterocycles. The van der Waals surface area contributed by atoms with E-state index in [1.807, 2.05) is 6.07 Å². The first kappa shape index (κ1) is 10.6. The molecule has 0 heterocycles. The van der Waals surface area contributed by atoms with Crippen LogP contribution in [-0.4, -0.2) is 16.2 Å². The summed E-state index contributed by atoms with van der Waals surface area (Å²) < 4.78 is 0. The number of phenolic OH excluding ortho intramolecular Hbond substituents is 1. The van der Waals surface area contributed by atoms with Gasteiger partial charge < -0.3 is 10.2 Å². The van der Waals surface area contributed by atoms with E-state index in [9.17, 15) is 9.90 Å². The van der Waals surface area contributed by atoms with Crippen molar-refractivity contribution in [3.8, 4) is 23.7 Å². The van der Waals surface area contributed by atoms with Gasteiger partial charge in [0.2, 0.25) is 0 Å². The number of benzene rings is 1. The van der Waals surface area contributed by atoms with E-state index in [0.29, 0.717) is 0 Å². The number of nitriles is 1. The Kier molecular flexibility index (Phi) is 3.32. The molecule has 4 nitrogen and oxygen atoms in total. The van der Waals surface area contributed by atoms with E-state index in [1.165, 1.54) is 18.2 Å². The number of carboxylic acids is 1. The molecule has 0 aromatic heterocycles. The lowest BCUT2D eigenvalue weighted by Crippen LogP contribution is -1.96. The summed E-state index contributed by atoms with van der Waals surface area (Å²) in [5.74, 6) is 3.84. The molecule has 0 spiro atoms. The normalized spacial score (nSPS) is 8.47. The number of nitrogens with zero attached hydrogens (tertiary/aromatic N) is 1. The molecule has 1 aromatic carbocycles. The predicted octanol–water partition coefficient (Wildman–Crippen LogP) is 1.36. The Morgan fingerprint density at radius 1 is 1.47 bits per heavy atom. The monoisotopic (exact) mass is 201 g/mol. The highest BCUT2D eigenvalue weighted by atomic mass is 16.4. The van der Waals surface area contributed by atoms with Gasteiger partial charge in [0, 0.05) is 0 Å². The second-order valence-corrected chi connectivity index (χ2v) is 2.67. The van der Waals surface area contributed by atoms with Crippen molar-refractivity contribution >= 4 is 5.97 Å². The van der Waals surface area contributed by atoms with Crippen molar-refractivity contribution in [1.82, 2.24) is 0 Å². The molecule has 0 aliphatic heterocycles. The highest BCUT2D eigenvalue weighted by Gasteiger charge is 2.05. The third-order valence-electron chi connectivity index (χ3n) is 1.63. The minimum atomic E-state index is -1.08. The van der Waals surface area contributed by atoms with Crippen LogP contribution >= 0.6 is 0 Å². The molecule has 0 aliphatic rings. The SMILES string of the molecule is N#CCC#Cc1cc(C(=O)O)ccc1O. The first-order chi connectivity index (χ1) is 7.15. The molecule has 0 radical (unpaired) electrons. The van der Waals surface area contributed by atoms with Crippen LogP contribution < -0.4 is 0 Å². The maximum Gasteiger partial charge on any atom is 0.335 e. The van der Waals surface area contributed by atoms with Crippen molar-refractivity contribution in [3.63, 3.8) is 0 Å². The van der Waals surface area contributed by atoms with Gasteiger partial charge in [-0.2, -0.15) is 5.26 Å². The Morgan fingerprint density at radius 2 is 2.20 bits per heavy atom. The van der Waals surface area contributed by atoms with Gasteiger partial charge in [0.25, 0.3) is 0 Å². The van der Waals surface area contributed by atoms with Crippen LogP contribution in [0.2, 0.25) is 0 Å². The molecule has 4 heteroatoms. The Labute approximate surface area is 86.4 Å². The fourth-order valence-corrected chi connectivity index (χ4v) is 0.948. The number of rotatable bonds is 1. The van der Waals surface area contributed by atoms with Crippen LogP contribution in [0.5, 0.6) is 5.75 Å². The molecule has 0 aliphatic carbocycles. The van der Waals surface area contributed by atoms with Crippen LogP contribution in [0.3, 0.4) is 0 Å². The summed E-state index contributed by atoms with van der Waals surface area (Å²) >= 11 is 0. The average Bonchev–Trinajstić information content (AvgIpc) is 2.20. The molecular weight excluding hydrogens is 194 g/mol. The molecule has 2 N–H and O–H groups in total. The van der Waals surface area contributed by atoms with E-state index in [4.69, 9.17) is 10.4 Å². The summed E-state index contributed by atoms with van der Waals surface area (Å²) in [5.41, 5.74) is 0.263. The predicted molar refractivity (Wildman–Crippen MR) is 52.2 cm³/mol. The topological polar surface area (TPSA) is 81.3 Å². The van der Waals surface area contributed by atoms with Gasteiger partial charge in [-0.05, 0) is 18.2 Å². The zero-order valence-electron chi connectivity index (χ0n) is 7.69. The first-order valence-electron chi connectivity index (χ1n) is 4.07. The fourth-order valence-electron chi connectivity index (χ4n) is 0.948. The Bertz CT molecular complexity index is 489. The summed E-state index contributed by atoms with van der Waals surface area (Å²) in [5, 5.41) is 26.3. The zero-order chi connectivity index (χ0) is 11.3. The van der Waals surface area contributed by atoms with E-state index in [1.54, 1.807) is 0 Å². The number of hydrogen-bond acceptors (Lipinski definition) is 3. The van der Waals surface area contributed by atoms with Crippen molar-refractivity contribution < 1.29 is 15.0 Å². The molecular formula is C11H7NO3. The molecule has 0 fully saturated rings. The standard InChI is InChI=1S/C11H7NO3/c12-6-2-1-3-8-7-9(11(14)15)4-5-10(8)13/h4-5,7,13H,2H2,(H,14,15). The average molecular weight is 201 g/mol. The van der Waals surface area contributed by atoms with E-state index in [2.05, 4.69) is 11.8 Å². The Morgan fingerprint density at radius 3 is 2.80 bits per heavy atom. The van der Waals surface area contributed by atoms with Crippen molar-refractivity contribution in [2.24, 2.45) is 0 Å². The van der Waals surface area contributed by atoms with Crippen molar-refractivity contribution in [1.29, 1.82) is 5.26 Å². The van der Waals surface area contributed by atoms with Crippen LogP contribution in [0.25, 0.3) is 0 Å². The summed E-state index contributed by atoms with van der Waals surface area (Å²) in [7, 11) is 0. The lowest BCUT2D eigenvalue weighted by Gasteiger charge is -1.98. The van der Waals surface area contributed by atoms with Crippen LogP contribution in [0, 0.1) is 23.2 Å². The Balaban J connectivity index is 3.08. The maximum atomic E-state index is 10.6. The first-order valence-corrected chi connectivity index (χ1v) is 4.07. The van der Waals surface area contributed by atoms with Crippen LogP contribution in [0.15, 0.2) is 18.2 Å². The molecule has 0 bridgehead atoms. The fraction of sp³-hybridized carbons (Fsp3) is 0.0909. The molecule has 74 valence electrons. The smallest absolute Gasteiger partial charge is 0.335 e. The van der Waals surface area contributed by atoms with Gasteiger partial charge >= 0.3 is 5.97 Å². The minimum absolute atomic E-state index is 0.0384. The molecule has 15 heavy (non-hydrogen) atoms. The van der Waals surface area contributed by atoms with Gasteiger partial charge in [-0.1, -0.05) is 11.8 Å². The van der Waals surface area contributed by atoms with Gasteiger partial charge in [0.05, 0.1) is 23.6 Å². The highest BCUT2D eigenvalue weighted by Crippen LogP contribution is 2.17. The second-order valence-electron chi connectivity index (χ2n) is 2.67. The number of hydrogen-bond donors (Lipinski definition) is 2. The van der Waals surface area contributed by atoms with Crippen LogP contribution in [0.1, 0.15) is 22.3 Å². The van der Waals surface area contributed by atoms with Crippen LogP contribution in [-0.2, 0) is 0 Å². The van der Waals surface area contributed by atoms with Crippen molar-refractivity contribution in [2.45, 2.75) is 6.42 Å². The minimum Gasteiger partial charge on any atom is -0.507 e. The molecule has 1 aromatic rings. The number of carbonyl (C=O) groups is 1. The molecule has 0 atom stereocenters. The summed E-state index contributed by atoms with van der Waals surface area (Å²) in [6, 6.07) is 5.64. The molecule has 1 rings (SSSR count). The van der Waals surface area contributed by atoms with Gasteiger partial charge in [-0.3, -0.25) is 0 Å². The van der Waals surface area contributed by atoms with E-state index < -0.39 is 5.97 Å². The third-order valence-corrected chi connectivity index (χ3v) is 1.63. The van der Waals surface area contributed by atoms with Crippen LogP contribution in [0.4, 0.5) is 0 Å². The van der Waals surface area contributed by atoms with Gasteiger partial charge in [0.1, 0.15) is 5.75 Å². The number of carboxylic acid groups (broad SMARTS) is 1. The Hall–Kier alpha value is -2.46.